The number of carbonyl (C=O) groups excluding carboxylic acids is 1. The van der Waals surface area contributed by atoms with Crippen molar-refractivity contribution in [3.8, 4) is 0 Å². The second kappa shape index (κ2) is 6.49. The Morgan fingerprint density at radius 2 is 2.24 bits per heavy atom. The van der Waals surface area contributed by atoms with Gasteiger partial charge in [0.1, 0.15) is 0 Å². The number of rotatable bonds is 5. The highest BCUT2D eigenvalue weighted by atomic mass is 79.9. The average molecular weight is 300 g/mol. The molecule has 1 amide bonds. The van der Waals surface area contributed by atoms with Gasteiger partial charge in [-0.25, -0.2) is 0 Å². The normalized spacial score (nSPS) is 10.1. The fraction of sp³-hybridized carbons (Fsp3) is 0.417. The Morgan fingerprint density at radius 1 is 1.53 bits per heavy atom. The second-order valence-corrected chi connectivity index (χ2v) is 4.82. The predicted molar refractivity (Wildman–Crippen MR) is 75.1 cm³/mol. The summed E-state index contributed by atoms with van der Waals surface area (Å²) in [5.41, 5.74) is 7.39. The van der Waals surface area contributed by atoms with Gasteiger partial charge in [0.2, 0.25) is 5.91 Å². The SMILES string of the molecule is CCCNC(=O)CN(C)c1cc(Br)ccc1N. The van der Waals surface area contributed by atoms with Crippen LogP contribution in [0.4, 0.5) is 11.4 Å². The maximum atomic E-state index is 11.6. The van der Waals surface area contributed by atoms with Crippen LogP contribution in [0.5, 0.6) is 0 Å². The van der Waals surface area contributed by atoms with Gasteiger partial charge in [0.25, 0.3) is 0 Å². The number of nitrogens with two attached hydrogens (primary N) is 1. The Kier molecular flexibility index (Phi) is 5.28. The van der Waals surface area contributed by atoms with Gasteiger partial charge in [-0.3, -0.25) is 4.79 Å². The first-order valence-electron chi connectivity index (χ1n) is 5.57. The summed E-state index contributed by atoms with van der Waals surface area (Å²) in [6.07, 6.45) is 0.939. The van der Waals surface area contributed by atoms with E-state index in [1.165, 1.54) is 0 Å². The molecule has 1 aromatic rings. The van der Waals surface area contributed by atoms with Crippen LogP contribution in [0.15, 0.2) is 22.7 Å². The van der Waals surface area contributed by atoms with Crippen molar-refractivity contribution in [3.05, 3.63) is 22.7 Å². The molecule has 94 valence electrons. The third-order valence-electron chi connectivity index (χ3n) is 2.36. The average Bonchev–Trinajstić information content (AvgIpc) is 2.29. The smallest absolute Gasteiger partial charge is 0.239 e. The number of hydrogen-bond acceptors (Lipinski definition) is 3. The minimum Gasteiger partial charge on any atom is -0.397 e. The maximum Gasteiger partial charge on any atom is 0.239 e. The van der Waals surface area contributed by atoms with Gasteiger partial charge < -0.3 is 16.0 Å². The number of hydrogen-bond donors (Lipinski definition) is 2. The van der Waals surface area contributed by atoms with E-state index >= 15 is 0 Å². The van der Waals surface area contributed by atoms with Crippen molar-refractivity contribution in [2.45, 2.75) is 13.3 Å². The fourth-order valence-electron chi connectivity index (χ4n) is 1.47. The van der Waals surface area contributed by atoms with E-state index < -0.39 is 0 Å². The van der Waals surface area contributed by atoms with Gasteiger partial charge in [0.15, 0.2) is 0 Å². The summed E-state index contributed by atoms with van der Waals surface area (Å²) in [5.74, 6) is 0.00808. The van der Waals surface area contributed by atoms with Crippen LogP contribution < -0.4 is 16.0 Å². The summed E-state index contributed by atoms with van der Waals surface area (Å²) in [5, 5.41) is 2.83. The zero-order chi connectivity index (χ0) is 12.8. The molecule has 17 heavy (non-hydrogen) atoms. The molecule has 0 radical (unpaired) electrons. The summed E-state index contributed by atoms with van der Waals surface area (Å²) in [7, 11) is 1.85. The van der Waals surface area contributed by atoms with E-state index in [1.54, 1.807) is 0 Å². The van der Waals surface area contributed by atoms with Crippen molar-refractivity contribution in [2.24, 2.45) is 0 Å². The van der Waals surface area contributed by atoms with Gasteiger partial charge in [-0.2, -0.15) is 0 Å². The van der Waals surface area contributed by atoms with Crippen LogP contribution in [0, 0.1) is 0 Å². The van der Waals surface area contributed by atoms with Gasteiger partial charge in [-0.1, -0.05) is 22.9 Å². The molecular weight excluding hydrogens is 282 g/mol. The Balaban J connectivity index is 2.66. The Labute approximate surface area is 110 Å². The topological polar surface area (TPSA) is 58.4 Å². The van der Waals surface area contributed by atoms with Crippen LogP contribution in [0.3, 0.4) is 0 Å². The fourth-order valence-corrected chi connectivity index (χ4v) is 1.82. The van der Waals surface area contributed by atoms with Crippen LogP contribution in [0.2, 0.25) is 0 Å². The molecule has 0 aliphatic rings. The number of benzene rings is 1. The monoisotopic (exact) mass is 299 g/mol. The lowest BCUT2D eigenvalue weighted by molar-refractivity contribution is -0.119. The first-order valence-corrected chi connectivity index (χ1v) is 6.36. The third-order valence-corrected chi connectivity index (χ3v) is 2.85. The van der Waals surface area contributed by atoms with Crippen LogP contribution in [-0.4, -0.2) is 26.0 Å². The lowest BCUT2D eigenvalue weighted by Gasteiger charge is -2.20. The molecule has 3 N–H and O–H groups in total. The number of nitrogens with one attached hydrogen (secondary N) is 1. The molecule has 5 heteroatoms. The summed E-state index contributed by atoms with van der Waals surface area (Å²) >= 11 is 3.39. The summed E-state index contributed by atoms with van der Waals surface area (Å²) < 4.78 is 0.947. The van der Waals surface area contributed by atoms with Gasteiger partial charge in [-0.05, 0) is 24.6 Å². The lowest BCUT2D eigenvalue weighted by atomic mass is 10.2. The maximum absolute atomic E-state index is 11.6. The molecule has 0 aliphatic heterocycles. The van der Waals surface area contributed by atoms with E-state index in [0.717, 1.165) is 16.6 Å². The Morgan fingerprint density at radius 3 is 2.88 bits per heavy atom. The van der Waals surface area contributed by atoms with Gasteiger partial charge in [-0.15, -0.1) is 0 Å². The van der Waals surface area contributed by atoms with E-state index in [0.29, 0.717) is 18.8 Å². The van der Waals surface area contributed by atoms with Crippen molar-refractivity contribution >= 4 is 33.2 Å². The van der Waals surface area contributed by atoms with Crippen molar-refractivity contribution in [2.75, 3.05) is 30.8 Å². The molecule has 0 aromatic heterocycles. The minimum absolute atomic E-state index is 0.00808. The minimum atomic E-state index is 0.00808. The molecule has 1 aromatic carbocycles. The predicted octanol–water partition coefficient (Wildman–Crippen LogP) is 1.99. The van der Waals surface area contributed by atoms with E-state index in [1.807, 2.05) is 37.1 Å². The zero-order valence-corrected chi connectivity index (χ0v) is 11.8. The van der Waals surface area contributed by atoms with E-state index in [2.05, 4.69) is 21.2 Å². The first kappa shape index (κ1) is 13.8. The number of nitrogens with zero attached hydrogens (tertiary/aromatic N) is 1. The summed E-state index contributed by atoms with van der Waals surface area (Å²) in [4.78, 5) is 13.4. The highest BCUT2D eigenvalue weighted by molar-refractivity contribution is 9.10. The van der Waals surface area contributed by atoms with Crippen molar-refractivity contribution in [1.82, 2.24) is 5.32 Å². The summed E-state index contributed by atoms with van der Waals surface area (Å²) in [6, 6.07) is 5.60. The van der Waals surface area contributed by atoms with Gasteiger partial charge >= 0.3 is 0 Å². The number of carbonyl (C=O) groups is 1. The van der Waals surface area contributed by atoms with Crippen molar-refractivity contribution in [3.63, 3.8) is 0 Å². The van der Waals surface area contributed by atoms with Gasteiger partial charge in [0.05, 0.1) is 17.9 Å². The first-order chi connectivity index (χ1) is 8.04. The molecule has 0 saturated carbocycles. The molecule has 0 heterocycles. The van der Waals surface area contributed by atoms with E-state index in [-0.39, 0.29) is 5.91 Å². The molecule has 0 bridgehead atoms. The van der Waals surface area contributed by atoms with E-state index in [9.17, 15) is 4.79 Å². The van der Waals surface area contributed by atoms with Crippen LogP contribution in [0.1, 0.15) is 13.3 Å². The number of amides is 1. The number of likely N-dealkylation sites (N-methyl/N-ethyl adjacent to an activating group) is 1. The number of halogens is 1. The van der Waals surface area contributed by atoms with Crippen molar-refractivity contribution in [1.29, 1.82) is 0 Å². The quantitative estimate of drug-likeness (QED) is 0.818. The largest absolute Gasteiger partial charge is 0.397 e. The third kappa shape index (κ3) is 4.26. The number of nitrogen functional groups attached to an aromatic ring is 1. The van der Waals surface area contributed by atoms with Crippen LogP contribution >= 0.6 is 15.9 Å². The lowest BCUT2D eigenvalue weighted by Crippen LogP contribution is -2.35. The number of anilines is 2. The van der Waals surface area contributed by atoms with E-state index in [4.69, 9.17) is 5.73 Å². The van der Waals surface area contributed by atoms with Gasteiger partial charge in [0, 0.05) is 18.1 Å². The molecule has 0 spiro atoms. The molecule has 0 fully saturated rings. The Bertz CT molecular complexity index is 395. The van der Waals surface area contributed by atoms with Crippen LogP contribution in [-0.2, 0) is 4.79 Å². The molecule has 1 rings (SSSR count). The molecule has 4 nitrogen and oxygen atoms in total. The van der Waals surface area contributed by atoms with Crippen molar-refractivity contribution < 1.29 is 4.79 Å². The molecule has 0 aliphatic carbocycles. The van der Waals surface area contributed by atoms with Crippen LogP contribution in [0.25, 0.3) is 0 Å². The summed E-state index contributed by atoms with van der Waals surface area (Å²) in [6.45, 7) is 3.04. The second-order valence-electron chi connectivity index (χ2n) is 3.91. The molecular formula is C12H18BrN3O. The standard InChI is InChI=1S/C12H18BrN3O/c1-3-6-15-12(17)8-16(2)11-7-9(13)4-5-10(11)14/h4-5,7H,3,6,8,14H2,1-2H3,(H,15,17). The highest BCUT2D eigenvalue weighted by Crippen LogP contribution is 2.25. The molecule has 0 saturated heterocycles. The molecule has 0 atom stereocenters. The highest BCUT2D eigenvalue weighted by Gasteiger charge is 2.09. The zero-order valence-electron chi connectivity index (χ0n) is 10.2. The molecule has 0 unspecified atom stereocenters. The Hall–Kier alpha value is -1.23.